The molecule has 0 saturated carbocycles. The van der Waals surface area contributed by atoms with Crippen molar-refractivity contribution in [1.82, 2.24) is 4.98 Å². The van der Waals surface area contributed by atoms with E-state index in [1.807, 2.05) is 12.2 Å². The fourth-order valence-corrected chi connectivity index (χ4v) is 2.69. The third-order valence-corrected chi connectivity index (χ3v) is 4.35. The average Bonchev–Trinajstić information content (AvgIpc) is 3.28. The summed E-state index contributed by atoms with van der Waals surface area (Å²) in [5.74, 6) is -0.998. The number of aromatic nitrogens is 1. The van der Waals surface area contributed by atoms with Gasteiger partial charge in [0.1, 0.15) is 0 Å². The van der Waals surface area contributed by atoms with Crippen molar-refractivity contribution in [1.29, 1.82) is 0 Å². The highest BCUT2D eigenvalue weighted by molar-refractivity contribution is 5.86. The Labute approximate surface area is 193 Å². The van der Waals surface area contributed by atoms with E-state index in [1.165, 1.54) is 0 Å². The Morgan fingerprint density at radius 2 is 1.25 bits per heavy atom. The Morgan fingerprint density at radius 3 is 1.72 bits per heavy atom. The van der Waals surface area contributed by atoms with Crippen LogP contribution in [0.15, 0.2) is 91.4 Å². The number of rotatable bonds is 16. The maximum absolute atomic E-state index is 11.6. The molecule has 32 heavy (non-hydrogen) atoms. The number of aromatic amines is 1. The summed E-state index contributed by atoms with van der Waals surface area (Å²) >= 11 is 0. The van der Waals surface area contributed by atoms with Crippen LogP contribution in [0.2, 0.25) is 0 Å². The SMILES string of the molecule is CCC=CCC=CCC=CCC=CCC=CCC=CCCC(=O)OC(=O)Cc1cc[nH]c1. The number of carbonyl (C=O) groups is 2. The summed E-state index contributed by atoms with van der Waals surface area (Å²) in [5, 5.41) is 0. The van der Waals surface area contributed by atoms with Crippen LogP contribution in [0.5, 0.6) is 0 Å². The minimum atomic E-state index is -0.516. The predicted octanol–water partition coefficient (Wildman–Crippen LogP) is 7.10. The Hall–Kier alpha value is -3.14. The van der Waals surface area contributed by atoms with Crippen LogP contribution in [0.25, 0.3) is 0 Å². The first-order valence-corrected chi connectivity index (χ1v) is 11.5. The molecule has 1 aromatic heterocycles. The lowest BCUT2D eigenvalue weighted by Gasteiger charge is -2.00. The normalized spacial score (nSPS) is 12.5. The molecule has 0 aliphatic carbocycles. The third kappa shape index (κ3) is 16.6. The highest BCUT2D eigenvalue weighted by atomic mass is 16.6. The van der Waals surface area contributed by atoms with E-state index >= 15 is 0 Å². The fraction of sp³-hybridized carbons (Fsp3) is 0.357. The quantitative estimate of drug-likeness (QED) is 0.171. The zero-order valence-electron chi connectivity index (χ0n) is 19.2. The van der Waals surface area contributed by atoms with E-state index < -0.39 is 11.9 Å². The summed E-state index contributed by atoms with van der Waals surface area (Å²) in [4.78, 5) is 26.1. The number of esters is 2. The molecule has 0 bridgehead atoms. The first-order valence-electron chi connectivity index (χ1n) is 11.5. The molecular weight excluding hydrogens is 398 g/mol. The van der Waals surface area contributed by atoms with Crippen LogP contribution >= 0.6 is 0 Å². The average molecular weight is 436 g/mol. The van der Waals surface area contributed by atoms with Gasteiger partial charge >= 0.3 is 11.9 Å². The summed E-state index contributed by atoms with van der Waals surface area (Å²) in [5.41, 5.74) is 0.805. The molecule has 0 fully saturated rings. The summed E-state index contributed by atoms with van der Waals surface area (Å²) in [6.07, 6.45) is 35.8. The second-order valence-corrected chi connectivity index (χ2v) is 7.20. The van der Waals surface area contributed by atoms with Gasteiger partial charge in [0.25, 0.3) is 0 Å². The molecule has 0 spiro atoms. The van der Waals surface area contributed by atoms with E-state index in [1.54, 1.807) is 18.5 Å². The number of allylic oxidation sites excluding steroid dienone is 12. The Balaban J connectivity index is 1.98. The van der Waals surface area contributed by atoms with Gasteiger partial charge in [-0.25, -0.2) is 0 Å². The molecule has 0 atom stereocenters. The smallest absolute Gasteiger partial charge is 0.317 e. The van der Waals surface area contributed by atoms with Gasteiger partial charge in [-0.2, -0.15) is 0 Å². The molecule has 0 aliphatic heterocycles. The molecule has 1 rings (SSSR count). The fourth-order valence-electron chi connectivity index (χ4n) is 2.69. The van der Waals surface area contributed by atoms with Crippen molar-refractivity contribution < 1.29 is 14.3 Å². The third-order valence-electron chi connectivity index (χ3n) is 4.35. The molecule has 0 amide bonds. The van der Waals surface area contributed by atoms with Gasteiger partial charge < -0.3 is 9.72 Å². The summed E-state index contributed by atoms with van der Waals surface area (Å²) < 4.78 is 4.80. The minimum absolute atomic E-state index is 0.106. The highest BCUT2D eigenvalue weighted by Gasteiger charge is 2.10. The number of nitrogens with one attached hydrogen (secondary N) is 1. The minimum Gasteiger partial charge on any atom is -0.393 e. The molecular formula is C28H37NO3. The van der Waals surface area contributed by atoms with Crippen molar-refractivity contribution in [3.05, 3.63) is 96.9 Å². The van der Waals surface area contributed by atoms with Crippen molar-refractivity contribution in [2.24, 2.45) is 0 Å². The second-order valence-electron chi connectivity index (χ2n) is 7.20. The number of H-pyrrole nitrogens is 1. The summed E-state index contributed by atoms with van der Waals surface area (Å²) in [7, 11) is 0. The van der Waals surface area contributed by atoms with Crippen LogP contribution in [0.1, 0.15) is 63.9 Å². The van der Waals surface area contributed by atoms with Gasteiger partial charge in [-0.3, -0.25) is 9.59 Å². The molecule has 4 nitrogen and oxygen atoms in total. The maximum Gasteiger partial charge on any atom is 0.317 e. The van der Waals surface area contributed by atoms with E-state index in [0.29, 0.717) is 6.42 Å². The standard InChI is InChI=1S/C28H37NO3/c1-2-3-4-5-6-7-8-9-10-11-12-13-14-15-16-17-18-19-20-21-27(30)32-28(31)24-26-22-23-29-25-26/h3-4,6-7,9-10,12-13,15-16,18-19,22-23,25,29H,2,5,8,11,14,17,20-21,24H2,1H3. The Kier molecular flexibility index (Phi) is 16.6. The molecule has 4 heteroatoms. The lowest BCUT2D eigenvalue weighted by Crippen LogP contribution is -2.13. The number of hydrogen-bond acceptors (Lipinski definition) is 3. The van der Waals surface area contributed by atoms with Crippen LogP contribution in [-0.4, -0.2) is 16.9 Å². The van der Waals surface area contributed by atoms with Crippen LogP contribution in [-0.2, 0) is 20.7 Å². The first-order chi connectivity index (χ1) is 15.7. The van der Waals surface area contributed by atoms with E-state index in [2.05, 4.69) is 72.7 Å². The molecule has 0 aliphatic rings. The van der Waals surface area contributed by atoms with E-state index in [0.717, 1.165) is 44.1 Å². The lowest BCUT2D eigenvalue weighted by atomic mass is 10.2. The summed E-state index contributed by atoms with van der Waals surface area (Å²) in [6.45, 7) is 2.15. The number of carbonyl (C=O) groups excluding carboxylic acids is 2. The zero-order chi connectivity index (χ0) is 23.1. The number of ether oxygens (including phenoxy) is 1. The summed E-state index contributed by atoms with van der Waals surface area (Å²) in [6, 6.07) is 1.78. The van der Waals surface area contributed by atoms with Gasteiger partial charge in [0.15, 0.2) is 0 Å². The molecule has 172 valence electrons. The van der Waals surface area contributed by atoms with E-state index in [4.69, 9.17) is 4.74 Å². The number of hydrogen-bond donors (Lipinski definition) is 1. The van der Waals surface area contributed by atoms with Crippen molar-refractivity contribution in [2.75, 3.05) is 0 Å². The van der Waals surface area contributed by atoms with Gasteiger partial charge in [0, 0.05) is 18.8 Å². The van der Waals surface area contributed by atoms with Crippen LogP contribution < -0.4 is 0 Å². The molecule has 0 aromatic carbocycles. The van der Waals surface area contributed by atoms with Crippen LogP contribution in [0, 0.1) is 0 Å². The zero-order valence-corrected chi connectivity index (χ0v) is 19.2. The van der Waals surface area contributed by atoms with Crippen molar-refractivity contribution in [3.8, 4) is 0 Å². The van der Waals surface area contributed by atoms with Crippen molar-refractivity contribution in [2.45, 2.75) is 64.7 Å². The highest BCUT2D eigenvalue weighted by Crippen LogP contribution is 2.02. The van der Waals surface area contributed by atoms with E-state index in [9.17, 15) is 9.59 Å². The first kappa shape index (κ1) is 26.9. The van der Waals surface area contributed by atoms with Crippen molar-refractivity contribution >= 4 is 11.9 Å². The Morgan fingerprint density at radius 1 is 0.750 bits per heavy atom. The monoisotopic (exact) mass is 435 g/mol. The maximum atomic E-state index is 11.6. The second kappa shape index (κ2) is 19.8. The van der Waals surface area contributed by atoms with Crippen LogP contribution in [0.3, 0.4) is 0 Å². The molecule has 0 radical (unpaired) electrons. The molecule has 1 aromatic rings. The molecule has 1 heterocycles. The van der Waals surface area contributed by atoms with E-state index in [-0.39, 0.29) is 12.8 Å². The van der Waals surface area contributed by atoms with Gasteiger partial charge in [-0.15, -0.1) is 0 Å². The largest absolute Gasteiger partial charge is 0.393 e. The molecule has 0 unspecified atom stereocenters. The Bertz CT molecular complexity index is 793. The topological polar surface area (TPSA) is 59.2 Å². The van der Waals surface area contributed by atoms with Crippen LogP contribution in [0.4, 0.5) is 0 Å². The lowest BCUT2D eigenvalue weighted by molar-refractivity contribution is -0.159. The van der Waals surface area contributed by atoms with Gasteiger partial charge in [-0.1, -0.05) is 79.8 Å². The van der Waals surface area contributed by atoms with Gasteiger partial charge in [-0.05, 0) is 56.6 Å². The van der Waals surface area contributed by atoms with Crippen molar-refractivity contribution in [3.63, 3.8) is 0 Å². The molecule has 1 N–H and O–H groups in total. The molecule has 0 saturated heterocycles. The van der Waals surface area contributed by atoms with Gasteiger partial charge in [0.2, 0.25) is 0 Å². The van der Waals surface area contributed by atoms with Gasteiger partial charge in [0.05, 0.1) is 6.42 Å². The predicted molar refractivity (Wildman–Crippen MR) is 133 cm³/mol.